The summed E-state index contributed by atoms with van der Waals surface area (Å²) in [7, 11) is 1.66. The number of rotatable bonds is 5. The molecule has 2 saturated heterocycles. The second-order valence-electron chi connectivity index (χ2n) is 11.1. The molecule has 1 aromatic heterocycles. The SMILES string of the molecule is COc1ccc(N2CCC(N=C(Nc3ccc(C(F)(F)F)cc3)N3CCC(F)(c4ncccc4C)CC3)CC2)c(C)c1. The first kappa shape index (κ1) is 29.7. The van der Waals surface area contributed by atoms with Crippen LogP contribution in [-0.2, 0) is 11.8 Å². The van der Waals surface area contributed by atoms with E-state index in [1.165, 1.54) is 17.8 Å². The molecule has 2 aliphatic heterocycles. The van der Waals surface area contributed by atoms with Gasteiger partial charge in [-0.15, -0.1) is 0 Å². The molecule has 3 heterocycles. The zero-order valence-corrected chi connectivity index (χ0v) is 24.2. The maximum atomic E-state index is 16.1. The summed E-state index contributed by atoms with van der Waals surface area (Å²) in [6, 6.07) is 14.7. The van der Waals surface area contributed by atoms with Gasteiger partial charge in [0, 0.05) is 56.6 Å². The molecule has 0 unspecified atom stereocenters. The molecule has 10 heteroatoms. The van der Waals surface area contributed by atoms with E-state index in [0.717, 1.165) is 54.9 Å². The van der Waals surface area contributed by atoms with Crippen LogP contribution in [0.2, 0.25) is 0 Å². The molecule has 6 nitrogen and oxygen atoms in total. The van der Waals surface area contributed by atoms with Crippen LogP contribution in [0.25, 0.3) is 0 Å². The summed E-state index contributed by atoms with van der Waals surface area (Å²) >= 11 is 0. The second kappa shape index (κ2) is 12.2. The van der Waals surface area contributed by atoms with Gasteiger partial charge < -0.3 is 19.9 Å². The van der Waals surface area contributed by atoms with Crippen LogP contribution in [0.5, 0.6) is 5.75 Å². The van der Waals surface area contributed by atoms with E-state index in [0.29, 0.717) is 30.4 Å². The molecule has 1 N–H and O–H groups in total. The smallest absolute Gasteiger partial charge is 0.416 e. The van der Waals surface area contributed by atoms with Crippen LogP contribution in [0.4, 0.5) is 28.9 Å². The van der Waals surface area contributed by atoms with Crippen molar-refractivity contribution in [2.45, 2.75) is 57.4 Å². The number of nitrogens with one attached hydrogen (secondary N) is 1. The average molecular weight is 584 g/mol. The highest BCUT2D eigenvalue weighted by Crippen LogP contribution is 2.38. The number of nitrogens with zero attached hydrogens (tertiary/aromatic N) is 4. The van der Waals surface area contributed by atoms with Crippen molar-refractivity contribution in [1.82, 2.24) is 9.88 Å². The number of benzene rings is 2. The summed E-state index contributed by atoms with van der Waals surface area (Å²) in [6.07, 6.45) is -0.668. The van der Waals surface area contributed by atoms with Crippen LogP contribution < -0.4 is 15.0 Å². The predicted molar refractivity (Wildman–Crippen MR) is 158 cm³/mol. The van der Waals surface area contributed by atoms with Gasteiger partial charge in [-0.3, -0.25) is 4.98 Å². The summed E-state index contributed by atoms with van der Waals surface area (Å²) in [6.45, 7) is 6.39. The zero-order chi connectivity index (χ0) is 29.9. The molecule has 0 spiro atoms. The fourth-order valence-electron chi connectivity index (χ4n) is 5.85. The number of anilines is 2. The Labute approximate surface area is 244 Å². The molecule has 0 bridgehead atoms. The Morgan fingerprint density at radius 2 is 1.67 bits per heavy atom. The number of hydrogen-bond acceptors (Lipinski definition) is 4. The summed E-state index contributed by atoms with van der Waals surface area (Å²) in [5, 5.41) is 3.26. The first-order chi connectivity index (χ1) is 20.1. The van der Waals surface area contributed by atoms with Gasteiger partial charge in [0.25, 0.3) is 0 Å². The Bertz CT molecular complexity index is 1390. The quantitative estimate of drug-likeness (QED) is 0.197. The Balaban J connectivity index is 1.33. The number of hydrogen-bond donors (Lipinski definition) is 1. The van der Waals surface area contributed by atoms with Gasteiger partial charge in [0.05, 0.1) is 24.4 Å². The topological polar surface area (TPSA) is 53.0 Å². The molecule has 0 atom stereocenters. The zero-order valence-electron chi connectivity index (χ0n) is 24.2. The number of aromatic nitrogens is 1. The van der Waals surface area contributed by atoms with Gasteiger partial charge in [-0.1, -0.05) is 6.07 Å². The number of aliphatic imine (C=N–C) groups is 1. The van der Waals surface area contributed by atoms with E-state index in [-0.39, 0.29) is 18.9 Å². The van der Waals surface area contributed by atoms with Gasteiger partial charge in [-0.05, 0) is 86.3 Å². The third-order valence-corrected chi connectivity index (χ3v) is 8.27. The van der Waals surface area contributed by atoms with Gasteiger partial charge in [0.2, 0.25) is 0 Å². The van der Waals surface area contributed by atoms with E-state index in [1.54, 1.807) is 19.4 Å². The number of aryl methyl sites for hydroxylation is 2. The standard InChI is InChI=1S/C32H37F4N5O/c1-22-5-4-16-37-29(22)31(33)14-19-41(20-15-31)30(38-25-8-6-24(7-9-25)32(34,35)36)39-26-12-17-40(18-13-26)28-11-10-27(42-3)21-23(28)2/h4-11,16,21,26H,12-15,17-20H2,1-3H3,(H,38,39). The van der Waals surface area contributed by atoms with Crippen molar-refractivity contribution in [1.29, 1.82) is 0 Å². The highest BCUT2D eigenvalue weighted by atomic mass is 19.4. The van der Waals surface area contributed by atoms with E-state index in [2.05, 4.69) is 28.2 Å². The van der Waals surface area contributed by atoms with Crippen molar-refractivity contribution in [3.8, 4) is 5.75 Å². The van der Waals surface area contributed by atoms with E-state index < -0.39 is 17.4 Å². The number of halogens is 4. The Morgan fingerprint density at radius 1 is 0.976 bits per heavy atom. The molecule has 0 radical (unpaired) electrons. The fourth-order valence-corrected chi connectivity index (χ4v) is 5.85. The lowest BCUT2D eigenvalue weighted by Gasteiger charge is -2.39. The lowest BCUT2D eigenvalue weighted by molar-refractivity contribution is -0.137. The molecule has 3 aromatic rings. The van der Waals surface area contributed by atoms with Crippen LogP contribution in [0.15, 0.2) is 65.8 Å². The molecular weight excluding hydrogens is 546 g/mol. The van der Waals surface area contributed by atoms with Crippen molar-refractivity contribution in [2.24, 2.45) is 4.99 Å². The van der Waals surface area contributed by atoms with Crippen molar-refractivity contribution in [3.63, 3.8) is 0 Å². The van der Waals surface area contributed by atoms with Gasteiger partial charge in [0.15, 0.2) is 11.6 Å². The molecule has 5 rings (SSSR count). The molecule has 0 aliphatic carbocycles. The summed E-state index contributed by atoms with van der Waals surface area (Å²) in [4.78, 5) is 13.8. The number of methoxy groups -OCH3 is 1. The fraction of sp³-hybridized carbons (Fsp3) is 0.438. The lowest BCUT2D eigenvalue weighted by Crippen LogP contribution is -2.47. The van der Waals surface area contributed by atoms with Gasteiger partial charge in [0.1, 0.15) is 5.75 Å². The average Bonchev–Trinajstić information content (AvgIpc) is 2.98. The molecule has 2 fully saturated rings. The third-order valence-electron chi connectivity index (χ3n) is 8.27. The van der Waals surface area contributed by atoms with E-state index in [4.69, 9.17) is 9.73 Å². The summed E-state index contributed by atoms with van der Waals surface area (Å²) < 4.78 is 60.8. The predicted octanol–water partition coefficient (Wildman–Crippen LogP) is 7.12. The number of ether oxygens (including phenoxy) is 1. The van der Waals surface area contributed by atoms with Crippen LogP contribution in [-0.4, -0.2) is 55.2 Å². The highest BCUT2D eigenvalue weighted by Gasteiger charge is 2.39. The van der Waals surface area contributed by atoms with Crippen molar-refractivity contribution in [3.05, 3.63) is 83.2 Å². The van der Waals surface area contributed by atoms with Crippen LogP contribution in [0.3, 0.4) is 0 Å². The number of likely N-dealkylation sites (tertiary alicyclic amines) is 1. The monoisotopic (exact) mass is 583 g/mol. The molecule has 2 aliphatic rings. The first-order valence-corrected chi connectivity index (χ1v) is 14.3. The molecule has 224 valence electrons. The summed E-state index contributed by atoms with van der Waals surface area (Å²) in [5.41, 5.74) is 1.87. The Kier molecular flexibility index (Phi) is 8.61. The van der Waals surface area contributed by atoms with E-state index >= 15 is 4.39 Å². The molecule has 0 saturated carbocycles. The maximum absolute atomic E-state index is 16.1. The van der Waals surface area contributed by atoms with Crippen molar-refractivity contribution < 1.29 is 22.3 Å². The number of guanidine groups is 1. The molecular formula is C32H37F4N5O. The number of pyridine rings is 1. The molecule has 0 amide bonds. The molecule has 42 heavy (non-hydrogen) atoms. The van der Waals surface area contributed by atoms with Crippen molar-refractivity contribution >= 4 is 17.3 Å². The minimum atomic E-state index is -4.41. The number of alkyl halides is 4. The maximum Gasteiger partial charge on any atom is 0.416 e. The third kappa shape index (κ3) is 6.63. The van der Waals surface area contributed by atoms with Gasteiger partial charge >= 0.3 is 6.18 Å². The van der Waals surface area contributed by atoms with Crippen molar-refractivity contribution in [2.75, 3.05) is 43.5 Å². The summed E-state index contributed by atoms with van der Waals surface area (Å²) in [5.74, 6) is 1.39. The highest BCUT2D eigenvalue weighted by molar-refractivity contribution is 5.94. The first-order valence-electron chi connectivity index (χ1n) is 14.3. The van der Waals surface area contributed by atoms with Crippen LogP contribution in [0.1, 0.15) is 48.1 Å². The Morgan fingerprint density at radius 3 is 2.26 bits per heavy atom. The largest absolute Gasteiger partial charge is 0.497 e. The minimum Gasteiger partial charge on any atom is -0.497 e. The lowest BCUT2D eigenvalue weighted by atomic mass is 9.87. The normalized spacial score (nSPS) is 18.2. The van der Waals surface area contributed by atoms with Gasteiger partial charge in [-0.2, -0.15) is 13.2 Å². The van der Waals surface area contributed by atoms with E-state index in [1.807, 2.05) is 30.0 Å². The Hall–Kier alpha value is -3.82. The van der Waals surface area contributed by atoms with Crippen LogP contribution in [0, 0.1) is 13.8 Å². The molecule has 2 aromatic carbocycles. The number of piperidine rings is 2. The second-order valence-corrected chi connectivity index (χ2v) is 11.1. The van der Waals surface area contributed by atoms with Gasteiger partial charge in [-0.25, -0.2) is 9.38 Å². The van der Waals surface area contributed by atoms with Crippen LogP contribution >= 0.6 is 0 Å². The van der Waals surface area contributed by atoms with E-state index in [9.17, 15) is 13.2 Å². The minimum absolute atomic E-state index is 0.0202.